The largest absolute Gasteiger partial charge is 0.450 e. The predicted octanol–water partition coefficient (Wildman–Crippen LogP) is 4.96. The maximum atomic E-state index is 14.5. The lowest BCUT2D eigenvalue weighted by molar-refractivity contribution is -0.136. The first kappa shape index (κ1) is 21.1. The summed E-state index contributed by atoms with van der Waals surface area (Å²) in [4.78, 5) is 21.8. The summed E-state index contributed by atoms with van der Waals surface area (Å²) >= 11 is 0. The number of H-pyrrole nitrogens is 1. The molecule has 4 aromatic rings. The fourth-order valence-electron chi connectivity index (χ4n) is 2.85. The van der Waals surface area contributed by atoms with Crippen LogP contribution in [0, 0.1) is 11.6 Å². The van der Waals surface area contributed by atoms with E-state index in [0.717, 1.165) is 24.4 Å². The number of aromatic nitrogens is 3. The second-order valence-corrected chi connectivity index (χ2v) is 6.34. The van der Waals surface area contributed by atoms with E-state index < -0.39 is 46.3 Å². The highest BCUT2D eigenvalue weighted by molar-refractivity contribution is 5.89. The maximum Gasteiger partial charge on any atom is 0.418 e. The van der Waals surface area contributed by atoms with Gasteiger partial charge in [0.25, 0.3) is 0 Å². The van der Waals surface area contributed by atoms with Crippen LogP contribution in [0.1, 0.15) is 11.5 Å². The Morgan fingerprint density at radius 2 is 1.91 bits per heavy atom. The molecule has 0 radical (unpaired) electrons. The standard InChI is InChI=1S/C19H12F5N5O3/c20-11-5-9(29-18(30)28-8-14-25-3-4-31-14)6-12(21)16(11)32-13-1-2-26-17-15(13)10(7-27-17)19(22,23)24/h1-7H,8H2,(H,26,27)(H2,28,29,30). The number of hydrogen-bond acceptors (Lipinski definition) is 5. The van der Waals surface area contributed by atoms with Gasteiger partial charge < -0.3 is 24.8 Å². The van der Waals surface area contributed by atoms with Crippen LogP contribution in [0.25, 0.3) is 11.0 Å². The number of nitrogens with one attached hydrogen (secondary N) is 3. The second-order valence-electron chi connectivity index (χ2n) is 6.34. The van der Waals surface area contributed by atoms with E-state index in [9.17, 15) is 26.7 Å². The molecule has 4 rings (SSSR count). The van der Waals surface area contributed by atoms with Crippen LogP contribution in [0.5, 0.6) is 11.5 Å². The molecule has 8 nitrogen and oxygen atoms in total. The Morgan fingerprint density at radius 1 is 1.16 bits per heavy atom. The molecule has 0 atom stereocenters. The number of oxazole rings is 1. The average molecular weight is 453 g/mol. The number of ether oxygens (including phenoxy) is 1. The van der Waals surface area contributed by atoms with Crippen molar-refractivity contribution in [1.29, 1.82) is 0 Å². The summed E-state index contributed by atoms with van der Waals surface area (Å²) in [5, 5.41) is 4.10. The normalized spacial score (nSPS) is 11.5. The molecule has 1 aromatic carbocycles. The summed E-state index contributed by atoms with van der Waals surface area (Å²) in [7, 11) is 0. The molecule has 3 N–H and O–H groups in total. The average Bonchev–Trinajstić information content (AvgIpc) is 3.39. The molecule has 0 unspecified atom stereocenters. The number of urea groups is 1. The van der Waals surface area contributed by atoms with Crippen LogP contribution >= 0.6 is 0 Å². The van der Waals surface area contributed by atoms with Gasteiger partial charge in [0.1, 0.15) is 17.7 Å². The van der Waals surface area contributed by atoms with Gasteiger partial charge in [-0.25, -0.2) is 23.5 Å². The van der Waals surface area contributed by atoms with E-state index in [4.69, 9.17) is 9.15 Å². The first-order valence-electron chi connectivity index (χ1n) is 8.86. The number of carbonyl (C=O) groups is 1. The van der Waals surface area contributed by atoms with Crippen LogP contribution < -0.4 is 15.4 Å². The second kappa shape index (κ2) is 8.17. The van der Waals surface area contributed by atoms with Crippen molar-refractivity contribution in [2.24, 2.45) is 0 Å². The molecule has 13 heteroatoms. The molecule has 0 fully saturated rings. The van der Waals surface area contributed by atoms with E-state index in [0.29, 0.717) is 6.20 Å². The number of hydrogen-bond donors (Lipinski definition) is 3. The van der Waals surface area contributed by atoms with Crippen LogP contribution in [0.3, 0.4) is 0 Å². The van der Waals surface area contributed by atoms with Crippen LogP contribution in [-0.4, -0.2) is 21.0 Å². The number of alkyl halides is 3. The Bertz CT molecular complexity index is 1250. The van der Waals surface area contributed by atoms with Crippen molar-refractivity contribution in [3.8, 4) is 11.5 Å². The Kier molecular flexibility index (Phi) is 5.38. The van der Waals surface area contributed by atoms with Crippen molar-refractivity contribution < 1.29 is 35.9 Å². The topological polar surface area (TPSA) is 105 Å². The number of halogens is 5. The highest BCUT2D eigenvalue weighted by atomic mass is 19.4. The van der Waals surface area contributed by atoms with Crippen LogP contribution in [-0.2, 0) is 12.7 Å². The first-order valence-corrected chi connectivity index (χ1v) is 8.86. The third-order valence-electron chi connectivity index (χ3n) is 4.19. The van der Waals surface area contributed by atoms with E-state index in [1.807, 2.05) is 0 Å². The summed E-state index contributed by atoms with van der Waals surface area (Å²) in [6.45, 7) is -0.0682. The Labute approximate surface area is 175 Å². The van der Waals surface area contributed by atoms with E-state index in [2.05, 4.69) is 25.6 Å². The Morgan fingerprint density at radius 3 is 2.56 bits per heavy atom. The number of fused-ring (bicyclic) bond motifs is 1. The minimum absolute atomic E-state index is 0.0682. The zero-order chi connectivity index (χ0) is 22.9. The fraction of sp³-hybridized carbons (Fsp3) is 0.105. The van der Waals surface area contributed by atoms with Gasteiger partial charge in [0.05, 0.1) is 23.7 Å². The van der Waals surface area contributed by atoms with Crippen molar-refractivity contribution in [3.05, 3.63) is 66.1 Å². The van der Waals surface area contributed by atoms with Gasteiger partial charge in [-0.2, -0.15) is 13.2 Å². The van der Waals surface area contributed by atoms with Gasteiger partial charge in [-0.1, -0.05) is 0 Å². The fourth-order valence-corrected chi connectivity index (χ4v) is 2.85. The molecule has 0 spiro atoms. The van der Waals surface area contributed by atoms with E-state index >= 15 is 0 Å². The monoisotopic (exact) mass is 453 g/mol. The highest BCUT2D eigenvalue weighted by Gasteiger charge is 2.35. The van der Waals surface area contributed by atoms with Crippen molar-refractivity contribution in [3.63, 3.8) is 0 Å². The molecule has 0 aliphatic rings. The molecule has 32 heavy (non-hydrogen) atoms. The SMILES string of the molecule is O=C(NCc1ncco1)Nc1cc(F)c(Oc2ccnc3[nH]cc(C(F)(F)F)c23)c(F)c1. The molecular weight excluding hydrogens is 441 g/mol. The third kappa shape index (κ3) is 4.31. The number of rotatable bonds is 5. The van der Waals surface area contributed by atoms with E-state index in [1.54, 1.807) is 0 Å². The molecule has 166 valence electrons. The van der Waals surface area contributed by atoms with E-state index in [1.165, 1.54) is 12.5 Å². The molecule has 0 aliphatic carbocycles. The molecule has 2 amide bonds. The summed E-state index contributed by atoms with van der Waals surface area (Å²) in [6.07, 6.45) is -0.262. The predicted molar refractivity (Wildman–Crippen MR) is 99.9 cm³/mol. The molecule has 3 heterocycles. The Hall–Kier alpha value is -4.16. The Balaban J connectivity index is 1.56. The van der Waals surface area contributed by atoms with Crippen molar-refractivity contribution in [1.82, 2.24) is 20.3 Å². The van der Waals surface area contributed by atoms with Crippen molar-refractivity contribution in [2.45, 2.75) is 12.7 Å². The van der Waals surface area contributed by atoms with Gasteiger partial charge in [-0.15, -0.1) is 0 Å². The van der Waals surface area contributed by atoms with Gasteiger partial charge >= 0.3 is 12.2 Å². The molecule has 0 bridgehead atoms. The van der Waals surface area contributed by atoms with Crippen molar-refractivity contribution in [2.75, 3.05) is 5.32 Å². The van der Waals surface area contributed by atoms with E-state index in [-0.39, 0.29) is 23.8 Å². The van der Waals surface area contributed by atoms with Crippen LogP contribution in [0.15, 0.2) is 47.5 Å². The highest BCUT2D eigenvalue weighted by Crippen LogP contribution is 2.40. The summed E-state index contributed by atoms with van der Waals surface area (Å²) in [5.74, 6) is -3.68. The first-order chi connectivity index (χ1) is 15.2. The smallest absolute Gasteiger partial charge is 0.418 e. The van der Waals surface area contributed by atoms with Crippen LogP contribution in [0.4, 0.5) is 32.4 Å². The molecule has 3 aromatic heterocycles. The van der Waals surface area contributed by atoms with Gasteiger partial charge in [0, 0.05) is 30.2 Å². The molecule has 0 saturated carbocycles. The van der Waals surface area contributed by atoms with Crippen molar-refractivity contribution >= 4 is 22.8 Å². The van der Waals surface area contributed by atoms with Gasteiger partial charge in [0.15, 0.2) is 17.4 Å². The third-order valence-corrected chi connectivity index (χ3v) is 4.19. The van der Waals surface area contributed by atoms with Gasteiger partial charge in [0.2, 0.25) is 5.89 Å². The molecule has 0 aliphatic heterocycles. The lowest BCUT2D eigenvalue weighted by Crippen LogP contribution is -2.28. The van der Waals surface area contributed by atoms with Gasteiger partial charge in [-0.05, 0) is 6.07 Å². The minimum Gasteiger partial charge on any atom is -0.450 e. The molecular formula is C19H12F5N5O3. The summed E-state index contributed by atoms with van der Waals surface area (Å²) < 4.78 is 78.8. The van der Waals surface area contributed by atoms with Gasteiger partial charge in [-0.3, -0.25) is 0 Å². The number of aromatic amines is 1. The summed E-state index contributed by atoms with van der Waals surface area (Å²) in [6, 6.07) is 1.76. The number of carbonyl (C=O) groups excluding carboxylic acids is 1. The lowest BCUT2D eigenvalue weighted by Gasteiger charge is -2.13. The number of benzene rings is 1. The number of pyridine rings is 1. The summed E-state index contributed by atoms with van der Waals surface area (Å²) in [5.41, 5.74) is -1.52. The number of anilines is 1. The van der Waals surface area contributed by atoms with Crippen LogP contribution in [0.2, 0.25) is 0 Å². The number of nitrogens with zero attached hydrogens (tertiary/aromatic N) is 2. The maximum absolute atomic E-state index is 14.5. The quantitative estimate of drug-likeness (QED) is 0.371. The number of amides is 2. The lowest BCUT2D eigenvalue weighted by atomic mass is 10.2. The zero-order valence-electron chi connectivity index (χ0n) is 15.8. The zero-order valence-corrected chi connectivity index (χ0v) is 15.8. The molecule has 0 saturated heterocycles. The minimum atomic E-state index is -4.75.